The van der Waals surface area contributed by atoms with E-state index in [1.165, 1.54) is 0 Å². The molecule has 2 aromatic carbocycles. The standard InChI is InChI=1S/C26H25N7O2/c34-22-13-29-26(30-14-22)18-4-2-16-8-20(32-24(16)10-18)6-5-19-7-15-1-3-17(9-23(15)31-19)25-27-11-21(33-35)12-28-25/h1-10,21-22,31-32,34H,11-14H2,(H,27,28)(H,29,30)/b6-5+. The molecule has 0 saturated heterocycles. The van der Waals surface area contributed by atoms with Gasteiger partial charge in [-0.15, -0.1) is 0 Å². The lowest BCUT2D eigenvalue weighted by atomic mass is 10.1. The molecule has 2 unspecified atom stereocenters. The van der Waals surface area contributed by atoms with Gasteiger partial charge in [-0.3, -0.25) is 9.98 Å². The van der Waals surface area contributed by atoms with Crippen LogP contribution in [0.4, 0.5) is 0 Å². The van der Waals surface area contributed by atoms with Crippen LogP contribution in [0.2, 0.25) is 0 Å². The number of aliphatic imine (C=N–C) groups is 2. The van der Waals surface area contributed by atoms with E-state index in [4.69, 9.17) is 0 Å². The summed E-state index contributed by atoms with van der Waals surface area (Å²) in [6.45, 7) is 1.87. The molecule has 0 saturated carbocycles. The Morgan fingerprint density at radius 2 is 1.37 bits per heavy atom. The lowest BCUT2D eigenvalue weighted by Gasteiger charge is -2.19. The summed E-state index contributed by atoms with van der Waals surface area (Å²) < 4.78 is 0. The van der Waals surface area contributed by atoms with Gasteiger partial charge in [0, 0.05) is 57.4 Å². The van der Waals surface area contributed by atoms with Crippen LogP contribution < -0.4 is 10.6 Å². The number of nitrogens with zero attached hydrogens (tertiary/aromatic N) is 3. The molecule has 4 aromatic rings. The zero-order valence-corrected chi connectivity index (χ0v) is 19.0. The largest absolute Gasteiger partial charge is 0.389 e. The third-order valence-corrected chi connectivity index (χ3v) is 6.36. The smallest absolute Gasteiger partial charge is 0.129 e. The lowest BCUT2D eigenvalue weighted by Crippen LogP contribution is -2.39. The minimum atomic E-state index is -0.424. The Morgan fingerprint density at radius 3 is 1.86 bits per heavy atom. The number of aromatic amines is 2. The van der Waals surface area contributed by atoms with Crippen LogP contribution in [0.1, 0.15) is 22.5 Å². The number of amidine groups is 2. The second-order valence-electron chi connectivity index (χ2n) is 8.94. The van der Waals surface area contributed by atoms with Crippen molar-refractivity contribution in [3.05, 3.63) is 76.0 Å². The van der Waals surface area contributed by atoms with Crippen molar-refractivity contribution in [2.24, 2.45) is 15.2 Å². The van der Waals surface area contributed by atoms with E-state index in [-0.39, 0.29) is 6.04 Å². The summed E-state index contributed by atoms with van der Waals surface area (Å²) in [6.07, 6.45) is 3.68. The molecule has 0 bridgehead atoms. The number of nitroso groups, excluding NO2 is 1. The van der Waals surface area contributed by atoms with Crippen molar-refractivity contribution >= 4 is 45.6 Å². The number of aliphatic hydroxyl groups excluding tert-OH is 1. The Hall–Kier alpha value is -4.24. The molecular weight excluding hydrogens is 442 g/mol. The second-order valence-corrected chi connectivity index (χ2v) is 8.94. The molecule has 2 aliphatic rings. The first kappa shape index (κ1) is 21.3. The first-order valence-electron chi connectivity index (χ1n) is 11.7. The highest BCUT2D eigenvalue weighted by Gasteiger charge is 2.17. The Balaban J connectivity index is 1.21. The molecule has 5 N–H and O–H groups in total. The molecule has 6 rings (SSSR count). The van der Waals surface area contributed by atoms with Crippen molar-refractivity contribution < 1.29 is 5.11 Å². The molecule has 0 amide bonds. The van der Waals surface area contributed by atoms with Crippen LogP contribution in [-0.2, 0) is 0 Å². The predicted octanol–water partition coefficient (Wildman–Crippen LogP) is 3.02. The van der Waals surface area contributed by atoms with Crippen LogP contribution in [0.25, 0.3) is 34.0 Å². The topological polar surface area (TPSA) is 130 Å². The Kier molecular flexibility index (Phi) is 5.38. The average Bonchev–Trinajstić information content (AvgIpc) is 3.50. The fourth-order valence-electron chi connectivity index (χ4n) is 4.47. The van der Waals surface area contributed by atoms with Crippen molar-refractivity contribution in [3.63, 3.8) is 0 Å². The van der Waals surface area contributed by atoms with Gasteiger partial charge in [0.05, 0.1) is 19.2 Å². The molecule has 4 heterocycles. The Labute approximate surface area is 201 Å². The summed E-state index contributed by atoms with van der Waals surface area (Å²) >= 11 is 0. The zero-order chi connectivity index (χ0) is 23.8. The van der Waals surface area contributed by atoms with E-state index in [1.807, 2.05) is 12.1 Å². The van der Waals surface area contributed by atoms with Crippen molar-refractivity contribution in [1.29, 1.82) is 0 Å². The molecule has 2 atom stereocenters. The Morgan fingerprint density at radius 1 is 0.800 bits per heavy atom. The van der Waals surface area contributed by atoms with E-state index >= 15 is 0 Å². The second kappa shape index (κ2) is 8.84. The highest BCUT2D eigenvalue weighted by Crippen LogP contribution is 2.22. The molecule has 0 radical (unpaired) electrons. The highest BCUT2D eigenvalue weighted by molar-refractivity contribution is 6.03. The van der Waals surface area contributed by atoms with Crippen LogP contribution in [0.3, 0.4) is 0 Å². The summed E-state index contributed by atoms with van der Waals surface area (Å²) in [7, 11) is 0. The molecule has 176 valence electrons. The number of benzene rings is 2. The van der Waals surface area contributed by atoms with Crippen LogP contribution >= 0.6 is 0 Å². The number of hydrogen-bond acceptors (Lipinski definition) is 7. The van der Waals surface area contributed by atoms with Crippen LogP contribution in [0.5, 0.6) is 0 Å². The van der Waals surface area contributed by atoms with Gasteiger partial charge in [-0.25, -0.2) is 0 Å². The lowest BCUT2D eigenvalue weighted by molar-refractivity contribution is 0.181. The molecule has 9 nitrogen and oxygen atoms in total. The normalized spacial score (nSPS) is 20.5. The number of β-amino-alcohol motifs (C(OH)–C–C–N with tert-alkyl or cyclic N) is 1. The van der Waals surface area contributed by atoms with Gasteiger partial charge >= 0.3 is 0 Å². The molecule has 9 heteroatoms. The quantitative estimate of drug-likeness (QED) is 0.289. The molecule has 0 fully saturated rings. The molecule has 35 heavy (non-hydrogen) atoms. The number of rotatable bonds is 5. The minimum Gasteiger partial charge on any atom is -0.389 e. The summed E-state index contributed by atoms with van der Waals surface area (Å²) in [5, 5.41) is 21.3. The SMILES string of the molecule is O=NC1CN=C(c2ccc3cc(/C=C/c4cc5ccc(C6=NCC(O)CN6)cc5[nH]4)[nH]c3c2)NC1. The van der Waals surface area contributed by atoms with Gasteiger partial charge in [0.1, 0.15) is 17.7 Å². The van der Waals surface area contributed by atoms with Crippen molar-refractivity contribution in [2.75, 3.05) is 26.2 Å². The van der Waals surface area contributed by atoms with E-state index in [9.17, 15) is 10.0 Å². The van der Waals surface area contributed by atoms with Crippen LogP contribution in [0, 0.1) is 4.91 Å². The van der Waals surface area contributed by atoms with Gasteiger partial charge in [0.25, 0.3) is 0 Å². The first-order chi connectivity index (χ1) is 17.1. The van der Waals surface area contributed by atoms with Gasteiger partial charge in [0.2, 0.25) is 0 Å². The van der Waals surface area contributed by atoms with Gasteiger partial charge in [-0.1, -0.05) is 29.4 Å². The van der Waals surface area contributed by atoms with Gasteiger partial charge in [-0.05, 0) is 36.4 Å². The summed E-state index contributed by atoms with van der Waals surface area (Å²) in [5.41, 5.74) is 6.05. The molecule has 0 spiro atoms. The summed E-state index contributed by atoms with van der Waals surface area (Å²) in [5.74, 6) is 1.61. The molecular formula is C26H25N7O2. The van der Waals surface area contributed by atoms with Gasteiger partial charge < -0.3 is 25.7 Å². The fourth-order valence-corrected chi connectivity index (χ4v) is 4.47. The third-order valence-electron chi connectivity index (χ3n) is 6.36. The number of fused-ring (bicyclic) bond motifs is 2. The van der Waals surface area contributed by atoms with E-state index < -0.39 is 6.10 Å². The number of nitrogens with one attached hydrogen (secondary N) is 4. The molecule has 2 aliphatic heterocycles. The van der Waals surface area contributed by atoms with Crippen molar-refractivity contribution in [3.8, 4) is 0 Å². The summed E-state index contributed by atoms with van der Waals surface area (Å²) in [4.78, 5) is 26.5. The maximum Gasteiger partial charge on any atom is 0.129 e. The minimum absolute atomic E-state index is 0.298. The fraction of sp³-hybridized carbons (Fsp3) is 0.231. The van der Waals surface area contributed by atoms with E-state index in [1.54, 1.807) is 0 Å². The average molecular weight is 468 g/mol. The van der Waals surface area contributed by atoms with Crippen molar-refractivity contribution in [2.45, 2.75) is 12.1 Å². The van der Waals surface area contributed by atoms with Gasteiger partial charge in [-0.2, -0.15) is 4.91 Å². The van der Waals surface area contributed by atoms with Gasteiger partial charge in [0.15, 0.2) is 0 Å². The third kappa shape index (κ3) is 4.33. The summed E-state index contributed by atoms with van der Waals surface area (Å²) in [6, 6.07) is 16.3. The van der Waals surface area contributed by atoms with E-state index in [0.29, 0.717) is 26.2 Å². The van der Waals surface area contributed by atoms with Crippen molar-refractivity contribution in [1.82, 2.24) is 20.6 Å². The Bertz CT molecular complexity index is 1510. The number of H-pyrrole nitrogens is 2. The van der Waals surface area contributed by atoms with Crippen LogP contribution in [0.15, 0.2) is 63.7 Å². The molecule has 2 aromatic heterocycles. The zero-order valence-electron chi connectivity index (χ0n) is 19.0. The first-order valence-corrected chi connectivity index (χ1v) is 11.7. The number of aromatic nitrogens is 2. The van der Waals surface area contributed by atoms with E-state index in [2.05, 4.69) is 84.3 Å². The number of aliphatic hydroxyl groups is 1. The maximum atomic E-state index is 10.7. The monoisotopic (exact) mass is 467 g/mol. The van der Waals surface area contributed by atoms with Crippen LogP contribution in [-0.4, -0.2) is 65.1 Å². The maximum absolute atomic E-state index is 10.7. The highest BCUT2D eigenvalue weighted by atomic mass is 16.3. The van der Waals surface area contributed by atoms with E-state index in [0.717, 1.165) is 56.0 Å². The number of hydrogen-bond donors (Lipinski definition) is 5. The predicted molar refractivity (Wildman–Crippen MR) is 140 cm³/mol. The molecule has 0 aliphatic carbocycles.